The van der Waals surface area contributed by atoms with E-state index < -0.39 is 5.41 Å². The molecule has 0 radical (unpaired) electrons. The van der Waals surface area contributed by atoms with E-state index in [2.05, 4.69) is 10.3 Å². The summed E-state index contributed by atoms with van der Waals surface area (Å²) >= 11 is 0. The van der Waals surface area contributed by atoms with E-state index in [9.17, 15) is 4.79 Å². The molecule has 0 fully saturated rings. The Kier molecular flexibility index (Phi) is 4.63. The molecular weight excluding hydrogens is 214 g/mol. The molecule has 17 heavy (non-hydrogen) atoms. The lowest BCUT2D eigenvalue weighted by Gasteiger charge is -2.24. The molecule has 94 valence electrons. The predicted octanol–water partition coefficient (Wildman–Crippen LogP) is 1.38. The van der Waals surface area contributed by atoms with Crippen molar-refractivity contribution in [3.05, 3.63) is 29.6 Å². The number of aromatic nitrogens is 1. The van der Waals surface area contributed by atoms with Gasteiger partial charge in [0.15, 0.2) is 0 Å². The van der Waals surface area contributed by atoms with E-state index in [-0.39, 0.29) is 5.91 Å². The molecule has 4 heteroatoms. The van der Waals surface area contributed by atoms with Gasteiger partial charge in [-0.2, -0.15) is 0 Å². The molecule has 1 aromatic rings. The molecule has 1 heterocycles. The second-order valence-corrected chi connectivity index (χ2v) is 4.57. The number of carbonyl (C=O) groups excluding carboxylic acids is 1. The summed E-state index contributed by atoms with van der Waals surface area (Å²) in [5.41, 5.74) is 7.14. The molecule has 0 saturated heterocycles. The number of nitrogens with zero attached hydrogens (tertiary/aromatic N) is 1. The summed E-state index contributed by atoms with van der Waals surface area (Å²) in [6, 6.07) is 3.87. The maximum absolute atomic E-state index is 12.0. The topological polar surface area (TPSA) is 68.0 Å². The average molecular weight is 235 g/mol. The van der Waals surface area contributed by atoms with Crippen molar-refractivity contribution in [2.24, 2.45) is 11.1 Å². The predicted molar refractivity (Wildman–Crippen MR) is 68.3 cm³/mol. The van der Waals surface area contributed by atoms with Crippen LogP contribution in [0.25, 0.3) is 0 Å². The summed E-state index contributed by atoms with van der Waals surface area (Å²) in [6.07, 6.45) is 2.47. The molecule has 1 aromatic heterocycles. The summed E-state index contributed by atoms with van der Waals surface area (Å²) < 4.78 is 0. The van der Waals surface area contributed by atoms with Crippen LogP contribution in [0.15, 0.2) is 18.3 Å². The fourth-order valence-electron chi connectivity index (χ4n) is 1.48. The molecule has 0 aromatic carbocycles. The molecule has 1 unspecified atom stereocenters. The molecule has 0 saturated carbocycles. The van der Waals surface area contributed by atoms with E-state index >= 15 is 0 Å². The zero-order valence-electron chi connectivity index (χ0n) is 10.8. The maximum Gasteiger partial charge on any atom is 0.227 e. The molecule has 1 amide bonds. The van der Waals surface area contributed by atoms with E-state index in [1.54, 1.807) is 6.20 Å². The SMILES string of the molecule is CCC(C)(CN)C(=O)NCc1ncccc1C. The van der Waals surface area contributed by atoms with Crippen molar-refractivity contribution in [1.82, 2.24) is 10.3 Å². The molecule has 3 N–H and O–H groups in total. The van der Waals surface area contributed by atoms with Crippen LogP contribution in [0.1, 0.15) is 31.5 Å². The first-order chi connectivity index (χ1) is 8.03. The van der Waals surface area contributed by atoms with Crippen LogP contribution in [0.5, 0.6) is 0 Å². The number of carbonyl (C=O) groups is 1. The van der Waals surface area contributed by atoms with E-state index in [4.69, 9.17) is 5.73 Å². The molecule has 0 spiro atoms. The van der Waals surface area contributed by atoms with Crippen molar-refractivity contribution in [1.29, 1.82) is 0 Å². The lowest BCUT2D eigenvalue weighted by molar-refractivity contribution is -0.130. The number of aryl methyl sites for hydroxylation is 1. The highest BCUT2D eigenvalue weighted by Crippen LogP contribution is 2.19. The lowest BCUT2D eigenvalue weighted by atomic mass is 9.86. The minimum Gasteiger partial charge on any atom is -0.350 e. The lowest BCUT2D eigenvalue weighted by Crippen LogP contribution is -2.43. The highest BCUT2D eigenvalue weighted by Gasteiger charge is 2.29. The molecule has 1 atom stereocenters. The third kappa shape index (κ3) is 3.27. The van der Waals surface area contributed by atoms with Gasteiger partial charge in [-0.3, -0.25) is 9.78 Å². The Bertz CT molecular complexity index is 386. The normalized spacial score (nSPS) is 14.1. The fourth-order valence-corrected chi connectivity index (χ4v) is 1.48. The van der Waals surface area contributed by atoms with Crippen LogP contribution in [0, 0.1) is 12.3 Å². The highest BCUT2D eigenvalue weighted by molar-refractivity contribution is 5.82. The first kappa shape index (κ1) is 13.6. The van der Waals surface area contributed by atoms with Crippen molar-refractivity contribution in [2.75, 3.05) is 6.54 Å². The van der Waals surface area contributed by atoms with Gasteiger partial charge in [0.25, 0.3) is 0 Å². The minimum absolute atomic E-state index is 0.00690. The third-order valence-corrected chi connectivity index (χ3v) is 3.31. The van der Waals surface area contributed by atoms with Crippen molar-refractivity contribution in [2.45, 2.75) is 33.7 Å². The summed E-state index contributed by atoms with van der Waals surface area (Å²) in [6.45, 7) is 6.65. The number of hydrogen-bond acceptors (Lipinski definition) is 3. The van der Waals surface area contributed by atoms with Gasteiger partial charge in [-0.05, 0) is 31.9 Å². The van der Waals surface area contributed by atoms with Gasteiger partial charge < -0.3 is 11.1 Å². The van der Waals surface area contributed by atoms with Crippen molar-refractivity contribution < 1.29 is 4.79 Å². The van der Waals surface area contributed by atoms with Crippen LogP contribution in [0.3, 0.4) is 0 Å². The number of amides is 1. The Morgan fingerprint density at radius 2 is 2.29 bits per heavy atom. The molecule has 0 bridgehead atoms. The Labute approximate surface area is 103 Å². The third-order valence-electron chi connectivity index (χ3n) is 3.31. The van der Waals surface area contributed by atoms with Gasteiger partial charge in [-0.1, -0.05) is 13.0 Å². The molecule has 0 aliphatic heterocycles. The Morgan fingerprint density at radius 1 is 1.59 bits per heavy atom. The number of rotatable bonds is 5. The van der Waals surface area contributed by atoms with Gasteiger partial charge in [0.2, 0.25) is 5.91 Å². The quantitative estimate of drug-likeness (QED) is 0.810. The van der Waals surface area contributed by atoms with E-state index in [0.717, 1.165) is 17.7 Å². The van der Waals surface area contributed by atoms with E-state index in [1.807, 2.05) is 32.9 Å². The van der Waals surface area contributed by atoms with E-state index in [1.165, 1.54) is 0 Å². The minimum atomic E-state index is -0.483. The summed E-state index contributed by atoms with van der Waals surface area (Å²) in [7, 11) is 0. The van der Waals surface area contributed by atoms with Crippen molar-refractivity contribution in [3.8, 4) is 0 Å². The summed E-state index contributed by atoms with van der Waals surface area (Å²) in [5.74, 6) is -0.00690. The van der Waals surface area contributed by atoms with Gasteiger partial charge >= 0.3 is 0 Å². The van der Waals surface area contributed by atoms with Crippen LogP contribution in [-0.4, -0.2) is 17.4 Å². The Balaban J connectivity index is 2.63. The molecule has 1 rings (SSSR count). The van der Waals surface area contributed by atoms with Crippen molar-refractivity contribution >= 4 is 5.91 Å². The van der Waals surface area contributed by atoms with Crippen LogP contribution in [0.2, 0.25) is 0 Å². The van der Waals surface area contributed by atoms with Crippen LogP contribution in [0.4, 0.5) is 0 Å². The molecule has 0 aliphatic rings. The highest BCUT2D eigenvalue weighted by atomic mass is 16.2. The smallest absolute Gasteiger partial charge is 0.227 e. The van der Waals surface area contributed by atoms with E-state index in [0.29, 0.717) is 13.1 Å². The second-order valence-electron chi connectivity index (χ2n) is 4.57. The summed E-state index contributed by atoms with van der Waals surface area (Å²) in [5, 5.41) is 2.90. The number of nitrogens with two attached hydrogens (primary N) is 1. The van der Waals surface area contributed by atoms with Gasteiger partial charge in [0, 0.05) is 12.7 Å². The summed E-state index contributed by atoms with van der Waals surface area (Å²) in [4.78, 5) is 16.2. The largest absolute Gasteiger partial charge is 0.350 e. The zero-order chi connectivity index (χ0) is 12.9. The van der Waals surface area contributed by atoms with Crippen LogP contribution < -0.4 is 11.1 Å². The average Bonchev–Trinajstić information content (AvgIpc) is 2.36. The maximum atomic E-state index is 12.0. The Hall–Kier alpha value is -1.42. The van der Waals surface area contributed by atoms with Gasteiger partial charge in [0.1, 0.15) is 0 Å². The van der Waals surface area contributed by atoms with Crippen molar-refractivity contribution in [3.63, 3.8) is 0 Å². The fraction of sp³-hybridized carbons (Fsp3) is 0.538. The number of pyridine rings is 1. The number of nitrogens with one attached hydrogen (secondary N) is 1. The first-order valence-corrected chi connectivity index (χ1v) is 5.92. The number of hydrogen-bond donors (Lipinski definition) is 2. The first-order valence-electron chi connectivity index (χ1n) is 5.92. The van der Waals surface area contributed by atoms with Crippen LogP contribution in [-0.2, 0) is 11.3 Å². The van der Waals surface area contributed by atoms with Gasteiger partial charge in [-0.15, -0.1) is 0 Å². The molecule has 0 aliphatic carbocycles. The van der Waals surface area contributed by atoms with Gasteiger partial charge in [0.05, 0.1) is 17.7 Å². The monoisotopic (exact) mass is 235 g/mol. The zero-order valence-corrected chi connectivity index (χ0v) is 10.8. The standard InChI is InChI=1S/C13H21N3O/c1-4-13(3,9-14)12(17)16-8-11-10(2)6-5-7-15-11/h5-7H,4,8-9,14H2,1-3H3,(H,16,17). The van der Waals surface area contributed by atoms with Crippen LogP contribution >= 0.6 is 0 Å². The Morgan fingerprint density at radius 3 is 2.82 bits per heavy atom. The van der Waals surface area contributed by atoms with Gasteiger partial charge in [-0.25, -0.2) is 0 Å². The molecular formula is C13H21N3O. The second kappa shape index (κ2) is 5.77. The molecule has 4 nitrogen and oxygen atoms in total.